The molecule has 1 saturated heterocycles. The zero-order valence-corrected chi connectivity index (χ0v) is 19.7. The number of ketones is 1. The minimum Gasteiger partial charge on any atom is -0.507 e. The van der Waals surface area contributed by atoms with Gasteiger partial charge in [0.2, 0.25) is 0 Å². The van der Waals surface area contributed by atoms with Gasteiger partial charge in [-0.1, -0.05) is 42.5 Å². The van der Waals surface area contributed by atoms with Gasteiger partial charge in [0, 0.05) is 15.7 Å². The molecule has 0 spiro atoms. The van der Waals surface area contributed by atoms with Crippen LogP contribution in [0.15, 0.2) is 84.4 Å². The molecular formula is C26H22INO4. The van der Waals surface area contributed by atoms with Gasteiger partial charge in [0.1, 0.15) is 11.5 Å². The summed E-state index contributed by atoms with van der Waals surface area (Å²) in [5, 5.41) is 11.1. The normalized spacial score (nSPS) is 17.6. The van der Waals surface area contributed by atoms with E-state index in [1.807, 2.05) is 54.6 Å². The molecule has 1 aliphatic rings. The van der Waals surface area contributed by atoms with Gasteiger partial charge in [-0.05, 0) is 76.5 Å². The van der Waals surface area contributed by atoms with Crippen molar-refractivity contribution in [1.82, 2.24) is 4.90 Å². The van der Waals surface area contributed by atoms with E-state index in [4.69, 9.17) is 4.74 Å². The highest BCUT2D eigenvalue weighted by atomic mass is 127. The van der Waals surface area contributed by atoms with Gasteiger partial charge in [-0.15, -0.1) is 0 Å². The van der Waals surface area contributed by atoms with E-state index < -0.39 is 17.7 Å². The Balaban J connectivity index is 1.77. The Labute approximate surface area is 200 Å². The van der Waals surface area contributed by atoms with E-state index in [9.17, 15) is 14.7 Å². The van der Waals surface area contributed by atoms with Crippen molar-refractivity contribution in [2.45, 2.75) is 12.5 Å². The highest BCUT2D eigenvalue weighted by molar-refractivity contribution is 14.1. The fraction of sp³-hybridized carbons (Fsp3) is 0.154. The van der Waals surface area contributed by atoms with Crippen molar-refractivity contribution in [3.05, 3.63) is 105 Å². The lowest BCUT2D eigenvalue weighted by Gasteiger charge is -2.25. The molecule has 0 saturated carbocycles. The quantitative estimate of drug-likeness (QED) is 0.208. The minimum atomic E-state index is -0.671. The van der Waals surface area contributed by atoms with Crippen molar-refractivity contribution in [1.29, 1.82) is 0 Å². The first-order valence-corrected chi connectivity index (χ1v) is 11.3. The van der Waals surface area contributed by atoms with Gasteiger partial charge in [-0.2, -0.15) is 0 Å². The van der Waals surface area contributed by atoms with E-state index in [0.717, 1.165) is 14.7 Å². The lowest BCUT2D eigenvalue weighted by atomic mass is 9.95. The molecule has 1 unspecified atom stereocenters. The van der Waals surface area contributed by atoms with Gasteiger partial charge in [-0.3, -0.25) is 9.59 Å². The van der Waals surface area contributed by atoms with Gasteiger partial charge in [-0.25, -0.2) is 0 Å². The second-order valence-electron chi connectivity index (χ2n) is 7.51. The van der Waals surface area contributed by atoms with Crippen molar-refractivity contribution >= 4 is 40.0 Å². The number of benzene rings is 3. The predicted octanol–water partition coefficient (Wildman–Crippen LogP) is 4.96. The van der Waals surface area contributed by atoms with Crippen molar-refractivity contribution in [3.63, 3.8) is 0 Å². The zero-order chi connectivity index (χ0) is 22.7. The lowest BCUT2D eigenvalue weighted by Crippen LogP contribution is -2.31. The fourth-order valence-corrected chi connectivity index (χ4v) is 4.26. The average molecular weight is 539 g/mol. The number of hydrogen-bond donors (Lipinski definition) is 1. The lowest BCUT2D eigenvalue weighted by molar-refractivity contribution is -0.139. The van der Waals surface area contributed by atoms with Crippen LogP contribution < -0.4 is 4.74 Å². The summed E-state index contributed by atoms with van der Waals surface area (Å²) < 4.78 is 6.22. The van der Waals surface area contributed by atoms with E-state index in [1.54, 1.807) is 36.3 Å². The molecule has 1 N–H and O–H groups in total. The third-order valence-electron chi connectivity index (χ3n) is 5.57. The number of aliphatic hydroxyl groups excluding tert-OH is 1. The predicted molar refractivity (Wildman–Crippen MR) is 131 cm³/mol. The van der Waals surface area contributed by atoms with Crippen molar-refractivity contribution in [2.24, 2.45) is 0 Å². The number of amides is 1. The van der Waals surface area contributed by atoms with Crippen LogP contribution in [0.3, 0.4) is 0 Å². The number of nitrogens with zero attached hydrogens (tertiary/aromatic N) is 1. The summed E-state index contributed by atoms with van der Waals surface area (Å²) in [6.45, 7) is 0.366. The molecule has 1 amide bonds. The molecule has 0 aliphatic carbocycles. The molecule has 4 rings (SSSR count). The van der Waals surface area contributed by atoms with E-state index in [2.05, 4.69) is 22.6 Å². The Morgan fingerprint density at radius 2 is 1.62 bits per heavy atom. The Kier molecular flexibility index (Phi) is 6.60. The molecule has 6 heteroatoms. The third-order valence-corrected chi connectivity index (χ3v) is 6.29. The largest absolute Gasteiger partial charge is 0.507 e. The first-order valence-electron chi connectivity index (χ1n) is 10.2. The van der Waals surface area contributed by atoms with Gasteiger partial charge in [0.05, 0.1) is 18.7 Å². The Bertz CT molecular complexity index is 1150. The van der Waals surface area contributed by atoms with Gasteiger partial charge < -0.3 is 14.7 Å². The summed E-state index contributed by atoms with van der Waals surface area (Å²) in [6, 6.07) is 23.6. The van der Waals surface area contributed by atoms with Gasteiger partial charge in [0.15, 0.2) is 0 Å². The molecule has 1 aliphatic heterocycles. The van der Waals surface area contributed by atoms with E-state index in [-0.39, 0.29) is 11.3 Å². The molecule has 0 aromatic heterocycles. The molecule has 3 aromatic rings. The van der Waals surface area contributed by atoms with Crippen molar-refractivity contribution in [2.75, 3.05) is 13.7 Å². The van der Waals surface area contributed by atoms with Crippen LogP contribution in [0.25, 0.3) is 5.76 Å². The topological polar surface area (TPSA) is 66.8 Å². The van der Waals surface area contributed by atoms with Crippen LogP contribution in [-0.4, -0.2) is 35.4 Å². The minimum absolute atomic E-state index is 0.106. The highest BCUT2D eigenvalue weighted by Gasteiger charge is 2.45. The molecule has 5 nitrogen and oxygen atoms in total. The van der Waals surface area contributed by atoms with Crippen LogP contribution in [0.4, 0.5) is 0 Å². The van der Waals surface area contributed by atoms with Gasteiger partial charge in [0.25, 0.3) is 11.7 Å². The number of aliphatic hydroxyl groups is 1. The third kappa shape index (κ3) is 4.41. The maximum absolute atomic E-state index is 13.1. The molecule has 162 valence electrons. The van der Waals surface area contributed by atoms with E-state index in [1.165, 1.54) is 0 Å². The van der Waals surface area contributed by atoms with Crippen LogP contribution in [0.1, 0.15) is 22.7 Å². The summed E-state index contributed by atoms with van der Waals surface area (Å²) in [4.78, 5) is 27.7. The van der Waals surface area contributed by atoms with Crippen LogP contribution in [0.2, 0.25) is 0 Å². The van der Waals surface area contributed by atoms with Crippen LogP contribution >= 0.6 is 22.6 Å². The van der Waals surface area contributed by atoms with Crippen LogP contribution in [0, 0.1) is 3.57 Å². The smallest absolute Gasteiger partial charge is 0.295 e. The number of rotatable bonds is 6. The van der Waals surface area contributed by atoms with E-state index in [0.29, 0.717) is 24.3 Å². The number of carbonyl (C=O) groups is 2. The van der Waals surface area contributed by atoms with Crippen LogP contribution in [-0.2, 0) is 16.0 Å². The Morgan fingerprint density at radius 1 is 0.969 bits per heavy atom. The monoisotopic (exact) mass is 539 g/mol. The zero-order valence-electron chi connectivity index (χ0n) is 17.5. The average Bonchev–Trinajstić information content (AvgIpc) is 3.08. The number of Topliss-reactive ketones (excluding diaryl/α,β-unsaturated/α-hetero) is 1. The summed E-state index contributed by atoms with van der Waals surface area (Å²) >= 11 is 2.21. The highest BCUT2D eigenvalue weighted by Crippen LogP contribution is 2.39. The number of carbonyl (C=O) groups excluding carboxylic acids is 2. The molecule has 1 atom stereocenters. The molecule has 3 aromatic carbocycles. The number of hydrogen-bond acceptors (Lipinski definition) is 4. The second-order valence-corrected chi connectivity index (χ2v) is 8.75. The molecule has 1 fully saturated rings. The standard InChI is InChI=1S/C26H22INO4/c1-32-21-13-9-19(10-14-21)24(29)22-23(18-7-11-20(27)12-8-18)28(26(31)25(22)30)16-15-17-5-3-2-4-6-17/h2-14,23,29H,15-16H2,1H3/b24-22+. The van der Waals surface area contributed by atoms with Gasteiger partial charge >= 0.3 is 0 Å². The first-order chi connectivity index (χ1) is 15.5. The molecule has 0 radical (unpaired) electrons. The SMILES string of the molecule is COc1ccc(/C(O)=C2\C(=O)C(=O)N(CCc3ccccc3)C2c2ccc(I)cc2)cc1. The van der Waals surface area contributed by atoms with Crippen LogP contribution in [0.5, 0.6) is 5.75 Å². The number of halogens is 1. The molecule has 1 heterocycles. The molecule has 32 heavy (non-hydrogen) atoms. The second kappa shape index (κ2) is 9.56. The maximum atomic E-state index is 13.1. The fourth-order valence-electron chi connectivity index (χ4n) is 3.90. The number of methoxy groups -OCH3 is 1. The first kappa shape index (κ1) is 22.1. The molecule has 0 bridgehead atoms. The number of ether oxygens (including phenoxy) is 1. The van der Waals surface area contributed by atoms with Crippen molar-refractivity contribution < 1.29 is 19.4 Å². The number of likely N-dealkylation sites (tertiary alicyclic amines) is 1. The maximum Gasteiger partial charge on any atom is 0.295 e. The summed E-state index contributed by atoms with van der Waals surface area (Å²) in [6.07, 6.45) is 0.608. The Morgan fingerprint density at radius 3 is 2.25 bits per heavy atom. The summed E-state index contributed by atoms with van der Waals surface area (Å²) in [5.74, 6) is -0.815. The summed E-state index contributed by atoms with van der Waals surface area (Å²) in [5.41, 5.74) is 2.43. The molecular weight excluding hydrogens is 517 g/mol. The Hall–Kier alpha value is -3.13. The van der Waals surface area contributed by atoms with E-state index >= 15 is 0 Å². The van der Waals surface area contributed by atoms with Crippen molar-refractivity contribution in [3.8, 4) is 5.75 Å². The summed E-state index contributed by atoms with van der Waals surface area (Å²) in [7, 11) is 1.56.